The topological polar surface area (TPSA) is 97.1 Å². The Morgan fingerprint density at radius 1 is 1.35 bits per heavy atom. The van der Waals surface area contributed by atoms with Gasteiger partial charge in [0.05, 0.1) is 6.20 Å². The first kappa shape index (κ1) is 14.2. The summed E-state index contributed by atoms with van der Waals surface area (Å²) >= 11 is 0. The van der Waals surface area contributed by atoms with Gasteiger partial charge in [0, 0.05) is 6.04 Å². The second kappa shape index (κ2) is 6.83. The van der Waals surface area contributed by atoms with Gasteiger partial charge in [-0.05, 0) is 32.1 Å². The number of carboxylic acid groups (broad SMARTS) is 1. The van der Waals surface area contributed by atoms with Crippen LogP contribution in [-0.2, 0) is 11.3 Å². The zero-order valence-corrected chi connectivity index (χ0v) is 11.2. The van der Waals surface area contributed by atoms with Crippen molar-refractivity contribution in [3.8, 4) is 0 Å². The van der Waals surface area contributed by atoms with Crippen molar-refractivity contribution in [1.82, 2.24) is 20.3 Å². The van der Waals surface area contributed by atoms with Crippen molar-refractivity contribution in [2.75, 3.05) is 0 Å². The lowest BCUT2D eigenvalue weighted by molar-refractivity contribution is -0.137. The summed E-state index contributed by atoms with van der Waals surface area (Å²) < 4.78 is 1.14. The van der Waals surface area contributed by atoms with Crippen LogP contribution in [0.2, 0.25) is 0 Å². The Kier molecular flexibility index (Phi) is 4.86. The molecule has 1 aliphatic carbocycles. The van der Waals surface area contributed by atoms with E-state index in [0.29, 0.717) is 0 Å². The Balaban J connectivity index is 1.91. The number of carboxylic acids is 1. The third kappa shape index (κ3) is 4.18. The highest BCUT2D eigenvalue weighted by Crippen LogP contribution is 2.12. The molecule has 0 bridgehead atoms. The Bertz CT molecular complexity index is 509. The number of hydrogen-bond acceptors (Lipinski definition) is 4. The summed E-state index contributed by atoms with van der Waals surface area (Å²) in [6.45, 7) is -0.297. The number of carbonyl (C=O) groups excluding carboxylic acids is 1. The molecule has 0 saturated heterocycles. The molecular weight excluding hydrogens is 260 g/mol. The Morgan fingerprint density at radius 2 is 2.15 bits per heavy atom. The molecule has 1 atom stereocenters. The van der Waals surface area contributed by atoms with Crippen molar-refractivity contribution in [2.45, 2.75) is 44.7 Å². The summed E-state index contributed by atoms with van der Waals surface area (Å²) in [7, 11) is 0. The summed E-state index contributed by atoms with van der Waals surface area (Å²) in [6, 6.07) is 0.136. The van der Waals surface area contributed by atoms with Crippen molar-refractivity contribution in [1.29, 1.82) is 0 Å². The van der Waals surface area contributed by atoms with E-state index >= 15 is 0 Å². The van der Waals surface area contributed by atoms with Crippen LogP contribution in [-0.4, -0.2) is 38.0 Å². The number of aliphatic carboxylic acids is 1. The van der Waals surface area contributed by atoms with Gasteiger partial charge in [-0.2, -0.15) is 0 Å². The van der Waals surface area contributed by atoms with E-state index in [1.54, 1.807) is 0 Å². The van der Waals surface area contributed by atoms with E-state index in [0.717, 1.165) is 36.8 Å². The highest BCUT2D eigenvalue weighted by Gasteiger charge is 2.17. The Morgan fingerprint density at radius 3 is 2.95 bits per heavy atom. The van der Waals surface area contributed by atoms with Crippen LogP contribution in [0.15, 0.2) is 18.3 Å². The molecule has 0 fully saturated rings. The van der Waals surface area contributed by atoms with Crippen molar-refractivity contribution >= 4 is 11.9 Å². The first-order chi connectivity index (χ1) is 9.65. The molecular formula is C13H18N4O3. The second-order valence-corrected chi connectivity index (χ2v) is 4.85. The minimum Gasteiger partial charge on any atom is -0.480 e. The molecule has 7 heteroatoms. The fourth-order valence-electron chi connectivity index (χ4n) is 2.18. The second-order valence-electron chi connectivity index (χ2n) is 4.85. The van der Waals surface area contributed by atoms with Gasteiger partial charge in [-0.3, -0.25) is 9.59 Å². The lowest BCUT2D eigenvalue weighted by Crippen LogP contribution is -2.35. The van der Waals surface area contributed by atoms with Crippen LogP contribution in [0, 0.1) is 0 Å². The van der Waals surface area contributed by atoms with E-state index in [2.05, 4.69) is 27.8 Å². The Hall–Kier alpha value is -2.18. The number of nitrogens with one attached hydrogen (secondary N) is 1. The summed E-state index contributed by atoms with van der Waals surface area (Å²) in [5.41, 5.74) is 0.156. The number of nitrogens with zero attached hydrogens (tertiary/aromatic N) is 3. The summed E-state index contributed by atoms with van der Waals surface area (Å²) in [6.07, 6.45) is 10.6. The summed E-state index contributed by atoms with van der Waals surface area (Å²) in [4.78, 5) is 22.6. The first-order valence-corrected chi connectivity index (χ1v) is 6.73. The molecule has 1 aliphatic rings. The molecule has 1 aromatic rings. The molecule has 108 valence electrons. The van der Waals surface area contributed by atoms with E-state index < -0.39 is 5.97 Å². The van der Waals surface area contributed by atoms with E-state index in [1.807, 2.05) is 0 Å². The highest BCUT2D eigenvalue weighted by molar-refractivity contribution is 5.92. The lowest BCUT2D eigenvalue weighted by atomic mass is 10.0. The average Bonchev–Trinajstić information content (AvgIpc) is 2.80. The third-order valence-electron chi connectivity index (χ3n) is 3.18. The number of rotatable bonds is 4. The molecule has 0 aliphatic heterocycles. The van der Waals surface area contributed by atoms with Gasteiger partial charge in [-0.1, -0.05) is 17.4 Å². The molecule has 0 spiro atoms. The van der Waals surface area contributed by atoms with Crippen LogP contribution in [0.25, 0.3) is 0 Å². The third-order valence-corrected chi connectivity index (χ3v) is 3.18. The molecule has 1 aromatic heterocycles. The van der Waals surface area contributed by atoms with E-state index in [1.165, 1.54) is 6.20 Å². The molecule has 0 aromatic carbocycles. The summed E-state index contributed by atoms with van der Waals surface area (Å²) in [5.74, 6) is -1.31. The van der Waals surface area contributed by atoms with Gasteiger partial charge in [0.2, 0.25) is 0 Å². The predicted molar refractivity (Wildman–Crippen MR) is 71.1 cm³/mol. The van der Waals surface area contributed by atoms with Gasteiger partial charge in [0.25, 0.3) is 5.91 Å². The molecule has 1 heterocycles. The van der Waals surface area contributed by atoms with Gasteiger partial charge in [0.1, 0.15) is 6.54 Å². The van der Waals surface area contributed by atoms with Crippen LogP contribution in [0.5, 0.6) is 0 Å². The zero-order valence-electron chi connectivity index (χ0n) is 11.2. The Labute approximate surface area is 116 Å². The van der Waals surface area contributed by atoms with E-state index in [4.69, 9.17) is 5.11 Å². The van der Waals surface area contributed by atoms with Crippen LogP contribution in [0.4, 0.5) is 0 Å². The van der Waals surface area contributed by atoms with E-state index in [-0.39, 0.29) is 24.2 Å². The van der Waals surface area contributed by atoms with Crippen molar-refractivity contribution in [3.63, 3.8) is 0 Å². The lowest BCUT2D eigenvalue weighted by Gasteiger charge is -2.18. The standard InChI is InChI=1S/C13H18N4O3/c18-12(19)9-17-8-11(15-16-17)13(20)14-10-6-4-2-1-3-5-7-10/h1-2,8,10H,3-7,9H2,(H,14,20)(H,18,19)/b2-1-. The number of carbonyl (C=O) groups is 2. The number of allylic oxidation sites excluding steroid dienone is 2. The van der Waals surface area contributed by atoms with E-state index in [9.17, 15) is 9.59 Å². The van der Waals surface area contributed by atoms with Gasteiger partial charge < -0.3 is 10.4 Å². The number of hydrogen-bond donors (Lipinski definition) is 2. The average molecular weight is 278 g/mol. The monoisotopic (exact) mass is 278 g/mol. The quantitative estimate of drug-likeness (QED) is 0.800. The predicted octanol–water partition coefficient (Wildman–Crippen LogP) is 0.981. The zero-order chi connectivity index (χ0) is 14.4. The molecule has 1 amide bonds. The molecule has 2 rings (SSSR count). The maximum Gasteiger partial charge on any atom is 0.325 e. The van der Waals surface area contributed by atoms with Crippen LogP contribution >= 0.6 is 0 Å². The minimum absolute atomic E-state index is 0.136. The smallest absolute Gasteiger partial charge is 0.325 e. The van der Waals surface area contributed by atoms with Gasteiger partial charge in [-0.15, -0.1) is 5.10 Å². The molecule has 2 N–H and O–H groups in total. The number of amides is 1. The molecule has 7 nitrogen and oxygen atoms in total. The van der Waals surface area contributed by atoms with Crippen LogP contribution in [0.1, 0.15) is 42.6 Å². The first-order valence-electron chi connectivity index (χ1n) is 6.73. The molecule has 1 unspecified atom stereocenters. The SMILES string of the molecule is O=C(O)Cn1cc(C(=O)NC2CC/C=C\CCC2)nn1. The molecule has 0 radical (unpaired) electrons. The number of aromatic nitrogens is 3. The van der Waals surface area contributed by atoms with Gasteiger partial charge in [-0.25, -0.2) is 4.68 Å². The van der Waals surface area contributed by atoms with Crippen molar-refractivity contribution in [3.05, 3.63) is 24.0 Å². The van der Waals surface area contributed by atoms with Gasteiger partial charge in [0.15, 0.2) is 5.69 Å². The highest BCUT2D eigenvalue weighted by atomic mass is 16.4. The largest absolute Gasteiger partial charge is 0.480 e. The van der Waals surface area contributed by atoms with Crippen LogP contribution in [0.3, 0.4) is 0 Å². The van der Waals surface area contributed by atoms with Crippen LogP contribution < -0.4 is 5.32 Å². The minimum atomic E-state index is -1.02. The molecule has 20 heavy (non-hydrogen) atoms. The maximum atomic E-state index is 12.0. The van der Waals surface area contributed by atoms with Crippen molar-refractivity contribution in [2.24, 2.45) is 0 Å². The molecule has 0 saturated carbocycles. The maximum absolute atomic E-state index is 12.0. The normalized spacial score (nSPS) is 20.7. The fraction of sp³-hybridized carbons (Fsp3) is 0.538. The summed E-state index contributed by atoms with van der Waals surface area (Å²) in [5, 5.41) is 18.9. The fourth-order valence-corrected chi connectivity index (χ4v) is 2.18. The van der Waals surface area contributed by atoms with Crippen molar-refractivity contribution < 1.29 is 14.7 Å². The van der Waals surface area contributed by atoms with Gasteiger partial charge >= 0.3 is 5.97 Å².